The van der Waals surface area contributed by atoms with Crippen molar-refractivity contribution in [3.63, 3.8) is 0 Å². The van der Waals surface area contributed by atoms with Gasteiger partial charge < -0.3 is 15.2 Å². The number of carbonyl (C=O) groups excluding carboxylic acids is 2. The number of fused-ring (bicyclic) bond motifs is 1. The van der Waals surface area contributed by atoms with E-state index < -0.39 is 0 Å². The Kier molecular flexibility index (Phi) is 5.36. The highest BCUT2D eigenvalue weighted by Crippen LogP contribution is 2.30. The van der Waals surface area contributed by atoms with Crippen molar-refractivity contribution >= 4 is 17.5 Å². The number of amides is 2. The van der Waals surface area contributed by atoms with Gasteiger partial charge in [-0.25, -0.2) is 5.43 Å². The zero-order valence-corrected chi connectivity index (χ0v) is 16.8. The van der Waals surface area contributed by atoms with Crippen molar-refractivity contribution in [2.45, 2.75) is 38.8 Å². The molecule has 2 aromatic rings. The van der Waals surface area contributed by atoms with Crippen LogP contribution in [0.25, 0.3) is 0 Å². The number of nitrogens with one attached hydrogen (secondary N) is 2. The second-order valence-corrected chi connectivity index (χ2v) is 7.62. The highest BCUT2D eigenvalue weighted by atomic mass is 16.2. The number of hydrogen-bond donors (Lipinski definition) is 2. The molecule has 0 bridgehead atoms. The Labute approximate surface area is 171 Å². The lowest BCUT2D eigenvalue weighted by atomic mass is 10.00. The zero-order valence-electron chi connectivity index (χ0n) is 16.8. The molecule has 0 radical (unpaired) electrons. The van der Waals surface area contributed by atoms with Crippen LogP contribution in [-0.2, 0) is 16.0 Å². The first-order valence-corrected chi connectivity index (χ1v) is 10.0. The molecule has 2 amide bonds. The minimum Gasteiger partial charge on any atom is -0.325 e. The molecule has 6 heteroatoms. The van der Waals surface area contributed by atoms with E-state index in [1.165, 1.54) is 10.5 Å². The van der Waals surface area contributed by atoms with Gasteiger partial charge in [-0.05, 0) is 43.0 Å². The van der Waals surface area contributed by atoms with E-state index in [2.05, 4.69) is 48.9 Å². The van der Waals surface area contributed by atoms with Crippen LogP contribution in [-0.4, -0.2) is 34.3 Å². The minimum absolute atomic E-state index is 0.00518. The van der Waals surface area contributed by atoms with E-state index >= 15 is 0 Å². The first-order valence-electron chi connectivity index (χ1n) is 10.0. The van der Waals surface area contributed by atoms with Gasteiger partial charge in [0.05, 0.1) is 6.04 Å². The lowest BCUT2D eigenvalue weighted by Gasteiger charge is -2.31. The van der Waals surface area contributed by atoms with Crippen LogP contribution in [0, 0.1) is 6.92 Å². The molecule has 2 unspecified atom stereocenters. The molecule has 2 heterocycles. The van der Waals surface area contributed by atoms with Gasteiger partial charge in [0.2, 0.25) is 5.91 Å². The number of nitrogens with zero attached hydrogens (tertiary/aromatic N) is 2. The first kappa shape index (κ1) is 19.2. The molecule has 0 saturated carbocycles. The Morgan fingerprint density at radius 2 is 1.97 bits per heavy atom. The van der Waals surface area contributed by atoms with E-state index in [1.807, 2.05) is 35.5 Å². The van der Waals surface area contributed by atoms with Crippen LogP contribution in [0.2, 0.25) is 0 Å². The van der Waals surface area contributed by atoms with E-state index in [9.17, 15) is 9.59 Å². The number of anilines is 1. The lowest BCUT2D eigenvalue weighted by molar-refractivity contribution is -0.137. The fraction of sp³-hybridized carbons (Fsp3) is 0.304. The molecule has 1 fully saturated rings. The summed E-state index contributed by atoms with van der Waals surface area (Å²) in [6, 6.07) is 15.9. The summed E-state index contributed by atoms with van der Waals surface area (Å²) in [5.74, 6) is -0.266. The van der Waals surface area contributed by atoms with E-state index in [1.54, 1.807) is 6.20 Å². The summed E-state index contributed by atoms with van der Waals surface area (Å²) in [4.78, 5) is 26.9. The van der Waals surface area contributed by atoms with Gasteiger partial charge in [-0.2, -0.15) is 0 Å². The van der Waals surface area contributed by atoms with Gasteiger partial charge in [0.25, 0.3) is 5.91 Å². The molecular formula is C23H26N4O2. The van der Waals surface area contributed by atoms with Gasteiger partial charge in [0.15, 0.2) is 0 Å². The maximum Gasteiger partial charge on any atom is 0.251 e. The Bertz CT molecular complexity index is 938. The molecule has 0 spiro atoms. The summed E-state index contributed by atoms with van der Waals surface area (Å²) >= 11 is 0. The average molecular weight is 390 g/mol. The Morgan fingerprint density at radius 3 is 2.72 bits per heavy atom. The largest absolute Gasteiger partial charge is 0.325 e. The molecule has 29 heavy (non-hydrogen) atoms. The van der Waals surface area contributed by atoms with Gasteiger partial charge >= 0.3 is 0 Å². The molecule has 1 saturated heterocycles. The van der Waals surface area contributed by atoms with Crippen LogP contribution in [0.4, 0.5) is 5.69 Å². The molecule has 2 aromatic carbocycles. The van der Waals surface area contributed by atoms with Gasteiger partial charge in [-0.15, -0.1) is 0 Å². The maximum absolute atomic E-state index is 12.9. The Morgan fingerprint density at radius 1 is 1.17 bits per heavy atom. The molecule has 4 rings (SSSR count). The quantitative estimate of drug-likeness (QED) is 0.823. The third-order valence-electron chi connectivity index (χ3n) is 5.49. The van der Waals surface area contributed by atoms with E-state index in [4.69, 9.17) is 0 Å². The minimum atomic E-state index is -0.303. The summed E-state index contributed by atoms with van der Waals surface area (Å²) in [6.07, 6.45) is 5.09. The van der Waals surface area contributed by atoms with E-state index in [-0.39, 0.29) is 30.4 Å². The smallest absolute Gasteiger partial charge is 0.251 e. The van der Waals surface area contributed by atoms with Crippen LogP contribution in [0.3, 0.4) is 0 Å². The van der Waals surface area contributed by atoms with Gasteiger partial charge in [0, 0.05) is 18.1 Å². The number of hydrazine groups is 1. The van der Waals surface area contributed by atoms with Gasteiger partial charge in [0.1, 0.15) is 12.6 Å². The Hall–Kier alpha value is -3.12. The summed E-state index contributed by atoms with van der Waals surface area (Å²) in [7, 11) is 0. The van der Waals surface area contributed by atoms with Gasteiger partial charge in [-0.1, -0.05) is 48.9 Å². The maximum atomic E-state index is 12.9. The normalized spacial score (nSPS) is 20.7. The highest BCUT2D eigenvalue weighted by Gasteiger charge is 2.40. The summed E-state index contributed by atoms with van der Waals surface area (Å²) in [5.41, 5.74) is 7.67. The van der Waals surface area contributed by atoms with Crippen molar-refractivity contribution in [1.82, 2.24) is 15.3 Å². The third kappa shape index (κ3) is 4.17. The SMILES string of the molecule is CCc1cccc(NC(=O)CN2C=CN3NC(c4ccc(C)cc4)CC3C2=O)c1. The van der Waals surface area contributed by atoms with Crippen LogP contribution in [0.15, 0.2) is 60.9 Å². The molecular weight excluding hydrogens is 364 g/mol. The molecule has 2 aliphatic heterocycles. The van der Waals surface area contributed by atoms with Crippen molar-refractivity contribution in [2.24, 2.45) is 0 Å². The summed E-state index contributed by atoms with van der Waals surface area (Å²) in [6.45, 7) is 4.14. The molecule has 2 aliphatic rings. The van der Waals surface area contributed by atoms with E-state index in [0.29, 0.717) is 6.42 Å². The fourth-order valence-corrected chi connectivity index (χ4v) is 3.81. The molecule has 150 valence electrons. The monoisotopic (exact) mass is 390 g/mol. The highest BCUT2D eigenvalue weighted by molar-refractivity contribution is 5.96. The number of carbonyl (C=O) groups is 2. The average Bonchev–Trinajstić information content (AvgIpc) is 3.16. The first-order chi connectivity index (χ1) is 14.0. The number of hydrogen-bond acceptors (Lipinski definition) is 4. The molecule has 0 aliphatic carbocycles. The van der Waals surface area contributed by atoms with E-state index in [0.717, 1.165) is 23.2 Å². The molecule has 2 atom stereocenters. The lowest BCUT2D eigenvalue weighted by Crippen LogP contribution is -2.49. The predicted molar refractivity (Wildman–Crippen MR) is 113 cm³/mol. The van der Waals surface area contributed by atoms with Crippen molar-refractivity contribution < 1.29 is 9.59 Å². The topological polar surface area (TPSA) is 64.7 Å². The van der Waals surface area contributed by atoms with Crippen molar-refractivity contribution in [1.29, 1.82) is 0 Å². The molecule has 0 aromatic heterocycles. The van der Waals surface area contributed by atoms with Crippen LogP contribution in [0.1, 0.15) is 36.1 Å². The standard InChI is InChI=1S/C23H26N4O2/c1-3-17-5-4-6-19(13-17)24-22(28)15-26-11-12-27-21(23(26)29)14-20(25-27)18-9-7-16(2)8-10-18/h4-13,20-21,25H,3,14-15H2,1-2H3,(H,24,28). The van der Waals surface area contributed by atoms with Crippen molar-refractivity contribution in [3.8, 4) is 0 Å². The second-order valence-electron chi connectivity index (χ2n) is 7.62. The second kappa shape index (κ2) is 8.09. The Balaban J connectivity index is 1.39. The third-order valence-corrected chi connectivity index (χ3v) is 5.49. The number of rotatable bonds is 5. The number of benzene rings is 2. The molecule has 2 N–H and O–H groups in total. The van der Waals surface area contributed by atoms with Crippen molar-refractivity contribution in [3.05, 3.63) is 77.6 Å². The zero-order chi connectivity index (χ0) is 20.4. The van der Waals surface area contributed by atoms with Crippen LogP contribution >= 0.6 is 0 Å². The van der Waals surface area contributed by atoms with Crippen molar-refractivity contribution in [2.75, 3.05) is 11.9 Å². The predicted octanol–water partition coefficient (Wildman–Crippen LogP) is 3.13. The summed E-state index contributed by atoms with van der Waals surface area (Å²) in [5, 5.41) is 4.74. The van der Waals surface area contributed by atoms with Gasteiger partial charge in [-0.3, -0.25) is 9.59 Å². The van der Waals surface area contributed by atoms with Crippen LogP contribution < -0.4 is 10.7 Å². The van der Waals surface area contributed by atoms with Crippen LogP contribution in [0.5, 0.6) is 0 Å². The summed E-state index contributed by atoms with van der Waals surface area (Å²) < 4.78 is 0. The number of aryl methyl sites for hydroxylation is 2. The fourth-order valence-electron chi connectivity index (χ4n) is 3.81. The molecule has 6 nitrogen and oxygen atoms in total.